The van der Waals surface area contributed by atoms with E-state index in [1.807, 2.05) is 26.0 Å². The van der Waals surface area contributed by atoms with Crippen LogP contribution in [-0.4, -0.2) is 31.1 Å². The molecule has 0 radical (unpaired) electrons. The third-order valence-electron chi connectivity index (χ3n) is 4.30. The zero-order valence-corrected chi connectivity index (χ0v) is 16.3. The minimum atomic E-state index is -0.241. The van der Waals surface area contributed by atoms with Gasteiger partial charge in [-0.05, 0) is 74.2 Å². The molecule has 3 rings (SSSR count). The molecule has 0 bridgehead atoms. The van der Waals surface area contributed by atoms with Crippen molar-refractivity contribution in [2.75, 3.05) is 18.5 Å². The van der Waals surface area contributed by atoms with Gasteiger partial charge in [0.25, 0.3) is 5.91 Å². The number of nitrogens with one attached hydrogen (secondary N) is 2. The fraction of sp³-hybridized carbons (Fsp3) is 0.333. The van der Waals surface area contributed by atoms with E-state index in [9.17, 15) is 4.79 Å². The Bertz CT molecular complexity index is 808. The summed E-state index contributed by atoms with van der Waals surface area (Å²) >= 11 is 5.90. The van der Waals surface area contributed by atoms with Crippen LogP contribution in [0, 0.1) is 13.8 Å². The first-order valence-corrected chi connectivity index (χ1v) is 9.46. The molecule has 0 aromatic heterocycles. The number of aryl methyl sites for hydroxylation is 2. The second-order valence-electron chi connectivity index (χ2n) is 6.79. The van der Waals surface area contributed by atoms with Gasteiger partial charge in [-0.25, -0.2) is 4.99 Å². The maximum Gasteiger partial charge on any atom is 0.257 e. The number of aliphatic imine (C=N–C) groups is 1. The van der Waals surface area contributed by atoms with Crippen LogP contribution in [0.3, 0.4) is 0 Å². The normalized spacial score (nSPS) is 17.0. The van der Waals surface area contributed by atoms with Gasteiger partial charge in [0.1, 0.15) is 0 Å². The summed E-state index contributed by atoms with van der Waals surface area (Å²) in [6, 6.07) is 12.9. The highest BCUT2D eigenvalue weighted by atomic mass is 35.5. The van der Waals surface area contributed by atoms with E-state index in [-0.39, 0.29) is 12.0 Å². The van der Waals surface area contributed by atoms with E-state index in [1.165, 1.54) is 0 Å². The van der Waals surface area contributed by atoms with Crippen LogP contribution >= 0.6 is 11.6 Å². The van der Waals surface area contributed by atoms with Gasteiger partial charge in [0, 0.05) is 22.9 Å². The number of ether oxygens (including phenoxy) is 1. The molecule has 0 saturated carbocycles. The SMILES string of the molecule is Cc1cc(C)cc(NC(=NC[C@@H]2CCCO2)NC(=O)c2ccc(Cl)cc2)c1. The molecule has 1 atom stereocenters. The molecular weight excluding hydrogens is 362 g/mol. The first-order valence-electron chi connectivity index (χ1n) is 9.08. The lowest BCUT2D eigenvalue weighted by molar-refractivity contribution is 0.0975. The van der Waals surface area contributed by atoms with Gasteiger partial charge in [-0.2, -0.15) is 0 Å². The summed E-state index contributed by atoms with van der Waals surface area (Å²) in [6.07, 6.45) is 2.15. The van der Waals surface area contributed by atoms with Gasteiger partial charge >= 0.3 is 0 Å². The van der Waals surface area contributed by atoms with Crippen molar-refractivity contribution < 1.29 is 9.53 Å². The van der Waals surface area contributed by atoms with Gasteiger partial charge in [0.2, 0.25) is 5.96 Å². The Kier molecular flexibility index (Phi) is 6.48. The van der Waals surface area contributed by atoms with E-state index >= 15 is 0 Å². The molecule has 2 N–H and O–H groups in total. The monoisotopic (exact) mass is 385 g/mol. The number of anilines is 1. The molecule has 2 aromatic rings. The molecule has 1 aliphatic heterocycles. The van der Waals surface area contributed by atoms with Crippen molar-refractivity contribution in [1.82, 2.24) is 5.32 Å². The molecule has 142 valence electrons. The highest BCUT2D eigenvalue weighted by molar-refractivity contribution is 6.30. The van der Waals surface area contributed by atoms with Crippen molar-refractivity contribution >= 4 is 29.2 Å². The van der Waals surface area contributed by atoms with E-state index in [0.29, 0.717) is 23.1 Å². The van der Waals surface area contributed by atoms with Gasteiger partial charge in [0.05, 0.1) is 12.6 Å². The first-order chi connectivity index (χ1) is 13.0. The van der Waals surface area contributed by atoms with Crippen molar-refractivity contribution in [2.24, 2.45) is 4.99 Å². The van der Waals surface area contributed by atoms with Crippen LogP contribution in [0.1, 0.15) is 34.3 Å². The number of halogens is 1. The van der Waals surface area contributed by atoms with Gasteiger partial charge in [-0.1, -0.05) is 17.7 Å². The van der Waals surface area contributed by atoms with Gasteiger partial charge in [-0.15, -0.1) is 0 Å². The first kappa shape index (κ1) is 19.4. The van der Waals surface area contributed by atoms with Crippen LogP contribution in [-0.2, 0) is 4.74 Å². The van der Waals surface area contributed by atoms with Crippen LogP contribution < -0.4 is 10.6 Å². The van der Waals surface area contributed by atoms with Gasteiger partial charge < -0.3 is 10.1 Å². The largest absolute Gasteiger partial charge is 0.376 e. The third kappa shape index (κ3) is 5.81. The van der Waals surface area contributed by atoms with E-state index in [1.54, 1.807) is 24.3 Å². The second-order valence-corrected chi connectivity index (χ2v) is 7.22. The second kappa shape index (κ2) is 9.02. The minimum Gasteiger partial charge on any atom is -0.376 e. The molecule has 1 heterocycles. The molecular formula is C21H24ClN3O2. The fourth-order valence-corrected chi connectivity index (χ4v) is 3.18. The number of amides is 1. The maximum absolute atomic E-state index is 12.6. The lowest BCUT2D eigenvalue weighted by atomic mass is 10.1. The van der Waals surface area contributed by atoms with Crippen molar-refractivity contribution in [3.63, 3.8) is 0 Å². The van der Waals surface area contributed by atoms with Crippen LogP contribution in [0.15, 0.2) is 47.5 Å². The molecule has 2 aromatic carbocycles. The summed E-state index contributed by atoms with van der Waals surface area (Å²) in [6.45, 7) is 5.35. The average molecular weight is 386 g/mol. The number of carbonyl (C=O) groups is 1. The van der Waals surface area contributed by atoms with Crippen molar-refractivity contribution in [2.45, 2.75) is 32.8 Å². The molecule has 1 saturated heterocycles. The number of carbonyl (C=O) groups excluding carboxylic acids is 1. The lowest BCUT2D eigenvalue weighted by Crippen LogP contribution is -2.36. The number of guanidine groups is 1. The Morgan fingerprint density at radius 3 is 2.52 bits per heavy atom. The van der Waals surface area contributed by atoms with Crippen LogP contribution in [0.2, 0.25) is 5.02 Å². The third-order valence-corrected chi connectivity index (χ3v) is 4.55. The molecule has 1 aliphatic rings. The predicted octanol–water partition coefficient (Wildman–Crippen LogP) is 4.33. The van der Waals surface area contributed by atoms with E-state index in [0.717, 1.165) is 36.3 Å². The Morgan fingerprint density at radius 2 is 1.89 bits per heavy atom. The standard InChI is InChI=1S/C21H24ClN3O2/c1-14-10-15(2)12-18(11-14)24-21(23-13-19-4-3-9-27-19)25-20(26)16-5-7-17(22)8-6-16/h5-8,10-12,19H,3-4,9,13H2,1-2H3,(H2,23,24,25,26)/t19-/m0/s1. The van der Waals surface area contributed by atoms with Crippen LogP contribution in [0.4, 0.5) is 5.69 Å². The molecule has 1 amide bonds. The van der Waals surface area contributed by atoms with E-state index < -0.39 is 0 Å². The van der Waals surface area contributed by atoms with Crippen LogP contribution in [0.25, 0.3) is 0 Å². The molecule has 1 fully saturated rings. The molecule has 0 spiro atoms. The Balaban J connectivity index is 1.76. The van der Waals surface area contributed by atoms with Crippen molar-refractivity contribution in [3.05, 3.63) is 64.2 Å². The maximum atomic E-state index is 12.6. The summed E-state index contributed by atoms with van der Waals surface area (Å²) in [4.78, 5) is 17.1. The smallest absolute Gasteiger partial charge is 0.257 e. The van der Waals surface area contributed by atoms with Gasteiger partial charge in [0.15, 0.2) is 0 Å². The summed E-state index contributed by atoms with van der Waals surface area (Å²) < 4.78 is 5.63. The number of benzene rings is 2. The molecule has 0 aliphatic carbocycles. The van der Waals surface area contributed by atoms with Crippen molar-refractivity contribution in [1.29, 1.82) is 0 Å². The number of hydrogen-bond donors (Lipinski definition) is 2. The topological polar surface area (TPSA) is 62.7 Å². The number of hydrogen-bond acceptors (Lipinski definition) is 3. The quantitative estimate of drug-likeness (QED) is 0.608. The zero-order valence-electron chi connectivity index (χ0n) is 15.6. The van der Waals surface area contributed by atoms with Gasteiger partial charge in [-0.3, -0.25) is 10.1 Å². The summed E-state index contributed by atoms with van der Waals surface area (Å²) in [5, 5.41) is 6.69. The zero-order chi connectivity index (χ0) is 19.2. The number of rotatable bonds is 4. The van der Waals surface area contributed by atoms with E-state index in [2.05, 4.69) is 21.7 Å². The molecule has 6 heteroatoms. The lowest BCUT2D eigenvalue weighted by Gasteiger charge is -2.14. The molecule has 27 heavy (non-hydrogen) atoms. The van der Waals surface area contributed by atoms with E-state index in [4.69, 9.17) is 16.3 Å². The fourth-order valence-electron chi connectivity index (χ4n) is 3.06. The molecule has 0 unspecified atom stereocenters. The average Bonchev–Trinajstić information content (AvgIpc) is 3.13. The number of nitrogens with zero attached hydrogens (tertiary/aromatic N) is 1. The predicted molar refractivity (Wildman–Crippen MR) is 110 cm³/mol. The summed E-state index contributed by atoms with van der Waals surface area (Å²) in [7, 11) is 0. The Hall–Kier alpha value is -2.37. The minimum absolute atomic E-state index is 0.105. The molecule has 5 nitrogen and oxygen atoms in total. The van der Waals surface area contributed by atoms with Crippen molar-refractivity contribution in [3.8, 4) is 0 Å². The Labute approximate surface area is 164 Å². The highest BCUT2D eigenvalue weighted by Crippen LogP contribution is 2.15. The summed E-state index contributed by atoms with van der Waals surface area (Å²) in [5.74, 6) is 0.171. The Morgan fingerprint density at radius 1 is 1.19 bits per heavy atom. The summed E-state index contributed by atoms with van der Waals surface area (Å²) in [5.41, 5.74) is 3.68. The van der Waals surface area contributed by atoms with Crippen LogP contribution in [0.5, 0.6) is 0 Å². The highest BCUT2D eigenvalue weighted by Gasteiger charge is 2.16.